The molecular formula is C26H45N7O10. The number of hydrogen-bond acceptors (Lipinski definition) is 10. The molecule has 0 bridgehead atoms. The molecule has 1 heterocycles. The molecule has 0 aromatic rings. The molecule has 0 radical (unpaired) electrons. The summed E-state index contributed by atoms with van der Waals surface area (Å²) >= 11 is 0. The highest BCUT2D eigenvalue weighted by atomic mass is 16.4. The topological polar surface area (TPSA) is 298 Å². The van der Waals surface area contributed by atoms with Crippen molar-refractivity contribution in [1.82, 2.24) is 20.9 Å². The van der Waals surface area contributed by atoms with Crippen LogP contribution < -0.4 is 33.2 Å². The largest absolute Gasteiger partial charge is 0.481 e. The number of aliphatic carboxylic acids is 3. The maximum atomic E-state index is 13.4. The molecule has 1 saturated heterocycles. The average molecular weight is 616 g/mol. The van der Waals surface area contributed by atoms with Gasteiger partial charge in [0.1, 0.15) is 24.2 Å². The number of nitrogens with zero attached hydrogens (tertiary/aromatic N) is 1. The Kier molecular flexibility index (Phi) is 16.8. The first-order valence-corrected chi connectivity index (χ1v) is 14.4. The number of carbonyl (C=O) groups excluding carboxylic acids is 4. The summed E-state index contributed by atoms with van der Waals surface area (Å²) in [4.78, 5) is 87.1. The van der Waals surface area contributed by atoms with Gasteiger partial charge in [0.25, 0.3) is 0 Å². The second kappa shape index (κ2) is 19.4. The zero-order chi connectivity index (χ0) is 32.5. The third-order valence-electron chi connectivity index (χ3n) is 6.98. The first kappa shape index (κ1) is 37.2. The minimum atomic E-state index is -1.73. The lowest BCUT2D eigenvalue weighted by atomic mass is 10.0. The molecule has 4 amide bonds. The van der Waals surface area contributed by atoms with Crippen LogP contribution in [0.4, 0.5) is 0 Å². The summed E-state index contributed by atoms with van der Waals surface area (Å²) in [5.41, 5.74) is 17.0. The van der Waals surface area contributed by atoms with Crippen molar-refractivity contribution < 1.29 is 48.9 Å². The van der Waals surface area contributed by atoms with Gasteiger partial charge in [-0.3, -0.25) is 28.8 Å². The standard InChI is InChI=1S/C26H45N7O10/c27-11-3-1-6-16(23(39)32-18(26(42)43)14-21(36)37)30-22(38)17(7-2-4-12-28)31-24(40)19-8-5-13-33(19)25(41)15(29)9-10-20(34)35/h15-19H,1-14,27-29H2,(H,30,38)(H,31,40)(H,32,39)(H,34,35)(H,36,37)(H,42,43)/t15-,16-,17-,18-,19-/m0/s1. The normalized spacial score (nSPS) is 17.3. The van der Waals surface area contributed by atoms with E-state index in [9.17, 15) is 38.7 Å². The van der Waals surface area contributed by atoms with Gasteiger partial charge in [0.2, 0.25) is 23.6 Å². The Bertz CT molecular complexity index is 995. The van der Waals surface area contributed by atoms with Crippen LogP contribution in [0.3, 0.4) is 0 Å². The van der Waals surface area contributed by atoms with Crippen molar-refractivity contribution in [1.29, 1.82) is 0 Å². The number of carbonyl (C=O) groups is 7. The Hall–Kier alpha value is -3.83. The highest BCUT2D eigenvalue weighted by molar-refractivity contribution is 5.96. The Labute approximate surface area is 249 Å². The molecule has 12 N–H and O–H groups in total. The van der Waals surface area contributed by atoms with Crippen LogP contribution in [0.5, 0.6) is 0 Å². The number of rotatable bonds is 21. The molecule has 17 heteroatoms. The fourth-order valence-corrected chi connectivity index (χ4v) is 4.63. The van der Waals surface area contributed by atoms with E-state index in [4.69, 9.17) is 27.4 Å². The number of hydrogen-bond donors (Lipinski definition) is 9. The number of nitrogens with two attached hydrogens (primary N) is 3. The number of nitrogens with one attached hydrogen (secondary N) is 3. The molecule has 5 atom stereocenters. The van der Waals surface area contributed by atoms with Crippen LogP contribution in [0.1, 0.15) is 70.6 Å². The smallest absolute Gasteiger partial charge is 0.326 e. The predicted octanol–water partition coefficient (Wildman–Crippen LogP) is -2.56. The molecule has 0 aromatic heterocycles. The van der Waals surface area contributed by atoms with E-state index in [1.165, 1.54) is 4.90 Å². The van der Waals surface area contributed by atoms with Crippen LogP contribution >= 0.6 is 0 Å². The molecule has 0 unspecified atom stereocenters. The van der Waals surface area contributed by atoms with Gasteiger partial charge in [-0.15, -0.1) is 0 Å². The molecule has 0 aliphatic carbocycles. The van der Waals surface area contributed by atoms with E-state index in [2.05, 4.69) is 16.0 Å². The van der Waals surface area contributed by atoms with Gasteiger partial charge in [0, 0.05) is 13.0 Å². The van der Waals surface area contributed by atoms with Crippen LogP contribution in [-0.2, 0) is 33.6 Å². The minimum Gasteiger partial charge on any atom is -0.481 e. The molecule has 43 heavy (non-hydrogen) atoms. The summed E-state index contributed by atoms with van der Waals surface area (Å²) in [6.45, 7) is 0.852. The van der Waals surface area contributed by atoms with Crippen LogP contribution in [0.25, 0.3) is 0 Å². The van der Waals surface area contributed by atoms with Gasteiger partial charge in [-0.25, -0.2) is 4.79 Å². The molecule has 17 nitrogen and oxygen atoms in total. The summed E-state index contributed by atoms with van der Waals surface area (Å²) in [5, 5.41) is 34.5. The second-order valence-electron chi connectivity index (χ2n) is 10.4. The SMILES string of the molecule is NCCCC[C@H](NC(=O)[C@H](CCCCN)NC(=O)[C@@H]1CCCN1C(=O)[C@@H](N)CCC(=O)O)C(=O)N[C@@H](CC(=O)O)C(=O)O. The van der Waals surface area contributed by atoms with Crippen LogP contribution in [0, 0.1) is 0 Å². The molecular weight excluding hydrogens is 570 g/mol. The third-order valence-corrected chi connectivity index (χ3v) is 6.98. The van der Waals surface area contributed by atoms with Gasteiger partial charge >= 0.3 is 17.9 Å². The Morgan fingerprint density at radius 1 is 0.744 bits per heavy atom. The van der Waals surface area contributed by atoms with Gasteiger partial charge in [-0.2, -0.15) is 0 Å². The summed E-state index contributed by atoms with van der Waals surface area (Å²) in [6.07, 6.45) is 1.54. The number of likely N-dealkylation sites (tertiary alicyclic amines) is 1. The Balaban J connectivity index is 3.07. The molecule has 1 aliphatic heterocycles. The molecule has 0 aromatic carbocycles. The van der Waals surface area contributed by atoms with Gasteiger partial charge in [-0.1, -0.05) is 0 Å². The maximum Gasteiger partial charge on any atom is 0.326 e. The Morgan fingerprint density at radius 2 is 1.28 bits per heavy atom. The highest BCUT2D eigenvalue weighted by Crippen LogP contribution is 2.20. The van der Waals surface area contributed by atoms with Crippen LogP contribution in [0.2, 0.25) is 0 Å². The maximum absolute atomic E-state index is 13.4. The molecule has 244 valence electrons. The number of carboxylic acids is 3. The quantitative estimate of drug-likeness (QED) is 0.0601. The fourth-order valence-electron chi connectivity index (χ4n) is 4.63. The summed E-state index contributed by atoms with van der Waals surface area (Å²) in [5.74, 6) is -6.96. The number of unbranched alkanes of at least 4 members (excludes halogenated alkanes) is 2. The first-order chi connectivity index (χ1) is 20.3. The minimum absolute atomic E-state index is 0.0663. The Morgan fingerprint density at radius 3 is 1.77 bits per heavy atom. The van der Waals surface area contributed by atoms with E-state index in [-0.39, 0.29) is 32.2 Å². The average Bonchev–Trinajstić information content (AvgIpc) is 3.44. The highest BCUT2D eigenvalue weighted by Gasteiger charge is 2.38. The van der Waals surface area contributed by atoms with Gasteiger partial charge in [0.15, 0.2) is 0 Å². The van der Waals surface area contributed by atoms with Crippen molar-refractivity contribution in [3.05, 3.63) is 0 Å². The summed E-state index contributed by atoms with van der Waals surface area (Å²) < 4.78 is 0. The van der Waals surface area contributed by atoms with Gasteiger partial charge in [0.05, 0.1) is 12.5 Å². The van der Waals surface area contributed by atoms with Crippen LogP contribution in [-0.4, -0.2) is 112 Å². The summed E-state index contributed by atoms with van der Waals surface area (Å²) in [7, 11) is 0. The second-order valence-corrected chi connectivity index (χ2v) is 10.4. The zero-order valence-corrected chi connectivity index (χ0v) is 24.2. The van der Waals surface area contributed by atoms with E-state index in [1.807, 2.05) is 0 Å². The van der Waals surface area contributed by atoms with Crippen molar-refractivity contribution in [3.63, 3.8) is 0 Å². The van der Waals surface area contributed by atoms with Crippen LogP contribution in [0.15, 0.2) is 0 Å². The van der Waals surface area contributed by atoms with Crippen molar-refractivity contribution in [2.24, 2.45) is 17.2 Å². The van der Waals surface area contributed by atoms with E-state index < -0.39 is 78.2 Å². The lowest BCUT2D eigenvalue weighted by Gasteiger charge is -2.29. The predicted molar refractivity (Wildman–Crippen MR) is 151 cm³/mol. The number of carboxylic acid groups (broad SMARTS) is 3. The molecule has 1 rings (SSSR count). The van der Waals surface area contributed by atoms with Gasteiger partial charge < -0.3 is 53.4 Å². The first-order valence-electron chi connectivity index (χ1n) is 14.4. The molecule has 1 aliphatic rings. The lowest BCUT2D eigenvalue weighted by Crippen LogP contribution is -2.58. The molecule has 0 saturated carbocycles. The van der Waals surface area contributed by atoms with Crippen molar-refractivity contribution in [3.8, 4) is 0 Å². The monoisotopic (exact) mass is 615 g/mol. The molecule has 0 spiro atoms. The van der Waals surface area contributed by atoms with E-state index in [0.29, 0.717) is 51.6 Å². The van der Waals surface area contributed by atoms with Crippen molar-refractivity contribution in [2.75, 3.05) is 19.6 Å². The van der Waals surface area contributed by atoms with E-state index in [0.717, 1.165) is 0 Å². The lowest BCUT2D eigenvalue weighted by molar-refractivity contribution is -0.147. The third kappa shape index (κ3) is 13.3. The molecule has 1 fully saturated rings. The van der Waals surface area contributed by atoms with E-state index in [1.54, 1.807) is 0 Å². The number of amides is 4. The van der Waals surface area contributed by atoms with Gasteiger partial charge in [-0.05, 0) is 70.9 Å². The zero-order valence-electron chi connectivity index (χ0n) is 24.2. The van der Waals surface area contributed by atoms with Crippen molar-refractivity contribution in [2.45, 2.75) is 101 Å². The van der Waals surface area contributed by atoms with E-state index >= 15 is 0 Å². The fraction of sp³-hybridized carbons (Fsp3) is 0.731. The van der Waals surface area contributed by atoms with Crippen molar-refractivity contribution >= 4 is 41.5 Å². The summed E-state index contributed by atoms with van der Waals surface area (Å²) in [6, 6.07) is -6.18.